The standard InChI is InChI=1S/C23H33NO2Si/c1-23(2,3)27(5,6)26-16-21-14-18(10-11-24-21)20-12-19(13-20)17-8-7-9-22(15-17)25-4/h7-11,14-15,19-20H,12-13,16H2,1-6H3. The maximum Gasteiger partial charge on any atom is 0.192 e. The van der Waals surface area contributed by atoms with Gasteiger partial charge in [0.2, 0.25) is 0 Å². The molecule has 1 saturated carbocycles. The third-order valence-electron chi connectivity index (χ3n) is 6.40. The van der Waals surface area contributed by atoms with Gasteiger partial charge in [-0.15, -0.1) is 0 Å². The number of methoxy groups -OCH3 is 1. The number of nitrogens with zero attached hydrogens (tertiary/aromatic N) is 1. The summed E-state index contributed by atoms with van der Waals surface area (Å²) in [5, 5.41) is 0.225. The van der Waals surface area contributed by atoms with E-state index in [9.17, 15) is 0 Å². The zero-order chi connectivity index (χ0) is 19.7. The largest absolute Gasteiger partial charge is 0.497 e. The first kappa shape index (κ1) is 20.1. The Morgan fingerprint density at radius 3 is 2.33 bits per heavy atom. The molecule has 0 N–H and O–H groups in total. The average Bonchev–Trinajstić information content (AvgIpc) is 2.58. The molecule has 0 radical (unpaired) electrons. The molecule has 2 aromatic rings. The first-order valence-electron chi connectivity index (χ1n) is 9.92. The van der Waals surface area contributed by atoms with Gasteiger partial charge in [-0.05, 0) is 78.2 Å². The molecule has 3 rings (SSSR count). The number of ether oxygens (including phenoxy) is 1. The smallest absolute Gasteiger partial charge is 0.192 e. The SMILES string of the molecule is COc1cccc(C2CC(c3ccnc(CO[Si](C)(C)C(C)(C)C)c3)C2)c1. The molecule has 1 aliphatic carbocycles. The van der Waals surface area contributed by atoms with Gasteiger partial charge in [-0.25, -0.2) is 0 Å². The van der Waals surface area contributed by atoms with Crippen LogP contribution < -0.4 is 4.74 Å². The van der Waals surface area contributed by atoms with E-state index in [1.54, 1.807) is 7.11 Å². The van der Waals surface area contributed by atoms with Crippen molar-refractivity contribution in [2.24, 2.45) is 0 Å². The molecule has 0 saturated heterocycles. The highest BCUT2D eigenvalue weighted by Crippen LogP contribution is 2.48. The second kappa shape index (κ2) is 7.76. The second-order valence-corrected chi connectivity index (χ2v) is 14.1. The van der Waals surface area contributed by atoms with Gasteiger partial charge in [-0.2, -0.15) is 0 Å². The maximum atomic E-state index is 6.34. The predicted molar refractivity (Wildman–Crippen MR) is 114 cm³/mol. The zero-order valence-electron chi connectivity index (χ0n) is 17.6. The first-order chi connectivity index (χ1) is 12.7. The molecule has 1 aliphatic rings. The van der Waals surface area contributed by atoms with Crippen LogP contribution in [0.2, 0.25) is 18.1 Å². The number of pyridine rings is 1. The number of hydrogen-bond acceptors (Lipinski definition) is 3. The van der Waals surface area contributed by atoms with Crippen LogP contribution in [0.1, 0.15) is 62.3 Å². The Kier molecular flexibility index (Phi) is 5.78. The highest BCUT2D eigenvalue weighted by atomic mass is 28.4. The van der Waals surface area contributed by atoms with Crippen LogP contribution in [0.15, 0.2) is 42.6 Å². The van der Waals surface area contributed by atoms with Crippen LogP contribution in [0.4, 0.5) is 0 Å². The summed E-state index contributed by atoms with van der Waals surface area (Å²) in [6, 6.07) is 12.9. The lowest BCUT2D eigenvalue weighted by Gasteiger charge is -2.37. The third-order valence-corrected chi connectivity index (χ3v) is 10.9. The number of benzene rings is 1. The lowest BCUT2D eigenvalue weighted by molar-refractivity contribution is 0.271. The number of hydrogen-bond donors (Lipinski definition) is 0. The van der Waals surface area contributed by atoms with Crippen molar-refractivity contribution in [3.63, 3.8) is 0 Å². The van der Waals surface area contributed by atoms with Crippen LogP contribution in [-0.2, 0) is 11.0 Å². The minimum absolute atomic E-state index is 0.225. The Morgan fingerprint density at radius 1 is 1.04 bits per heavy atom. The van der Waals surface area contributed by atoms with Crippen molar-refractivity contribution >= 4 is 8.32 Å². The van der Waals surface area contributed by atoms with Gasteiger partial charge in [0.25, 0.3) is 0 Å². The van der Waals surface area contributed by atoms with Gasteiger partial charge in [-0.3, -0.25) is 4.98 Å². The molecule has 0 spiro atoms. The lowest BCUT2D eigenvalue weighted by atomic mass is 9.68. The summed E-state index contributed by atoms with van der Waals surface area (Å²) in [6.07, 6.45) is 4.33. The van der Waals surface area contributed by atoms with Gasteiger partial charge < -0.3 is 9.16 Å². The van der Waals surface area contributed by atoms with Crippen molar-refractivity contribution in [1.29, 1.82) is 0 Å². The van der Waals surface area contributed by atoms with E-state index in [0.717, 1.165) is 11.4 Å². The molecule has 1 heterocycles. The van der Waals surface area contributed by atoms with E-state index < -0.39 is 8.32 Å². The molecule has 0 bridgehead atoms. The van der Waals surface area contributed by atoms with E-state index in [1.165, 1.54) is 24.0 Å². The van der Waals surface area contributed by atoms with Gasteiger partial charge in [-0.1, -0.05) is 32.9 Å². The Hall–Kier alpha value is -1.65. The summed E-state index contributed by atoms with van der Waals surface area (Å²) in [4.78, 5) is 4.55. The summed E-state index contributed by atoms with van der Waals surface area (Å²) in [6.45, 7) is 12.0. The fourth-order valence-electron chi connectivity index (χ4n) is 3.36. The Balaban J connectivity index is 1.60. The summed E-state index contributed by atoms with van der Waals surface area (Å²) in [7, 11) is -0.0134. The number of rotatable bonds is 6. The fraction of sp³-hybridized carbons (Fsp3) is 0.522. The molecule has 1 fully saturated rings. The molecule has 27 heavy (non-hydrogen) atoms. The molecular weight excluding hydrogens is 350 g/mol. The van der Waals surface area contributed by atoms with Gasteiger partial charge in [0.1, 0.15) is 5.75 Å². The van der Waals surface area contributed by atoms with E-state index >= 15 is 0 Å². The van der Waals surface area contributed by atoms with Gasteiger partial charge in [0.05, 0.1) is 19.4 Å². The van der Waals surface area contributed by atoms with Crippen molar-refractivity contribution in [3.05, 3.63) is 59.4 Å². The molecule has 1 aromatic heterocycles. The minimum atomic E-state index is -1.74. The summed E-state index contributed by atoms with van der Waals surface area (Å²) >= 11 is 0. The third kappa shape index (κ3) is 4.61. The normalized spacial score (nSPS) is 20.2. The Morgan fingerprint density at radius 2 is 1.70 bits per heavy atom. The topological polar surface area (TPSA) is 31.4 Å². The van der Waals surface area contributed by atoms with E-state index in [2.05, 4.69) is 69.2 Å². The number of aromatic nitrogens is 1. The molecule has 0 amide bonds. The summed E-state index contributed by atoms with van der Waals surface area (Å²) in [5.41, 5.74) is 3.85. The quantitative estimate of drug-likeness (QED) is 0.551. The van der Waals surface area contributed by atoms with E-state index in [-0.39, 0.29) is 5.04 Å². The van der Waals surface area contributed by atoms with Crippen LogP contribution in [-0.4, -0.2) is 20.4 Å². The van der Waals surface area contributed by atoms with Crippen LogP contribution in [0, 0.1) is 0 Å². The van der Waals surface area contributed by atoms with Crippen LogP contribution in [0.25, 0.3) is 0 Å². The van der Waals surface area contributed by atoms with Gasteiger partial charge in [0.15, 0.2) is 8.32 Å². The molecule has 0 atom stereocenters. The molecule has 0 aliphatic heterocycles. The van der Waals surface area contributed by atoms with E-state index in [1.807, 2.05) is 12.3 Å². The van der Waals surface area contributed by atoms with Crippen LogP contribution in [0.5, 0.6) is 5.75 Å². The summed E-state index contributed by atoms with van der Waals surface area (Å²) < 4.78 is 11.7. The van der Waals surface area contributed by atoms with Crippen LogP contribution in [0.3, 0.4) is 0 Å². The van der Waals surface area contributed by atoms with Crippen molar-refractivity contribution < 1.29 is 9.16 Å². The second-order valence-electron chi connectivity index (χ2n) is 9.27. The van der Waals surface area contributed by atoms with Crippen LogP contribution >= 0.6 is 0 Å². The van der Waals surface area contributed by atoms with Crippen molar-refractivity contribution in [3.8, 4) is 5.75 Å². The first-order valence-corrected chi connectivity index (χ1v) is 12.8. The van der Waals surface area contributed by atoms with Crippen molar-refractivity contribution in [1.82, 2.24) is 4.98 Å². The molecule has 4 heteroatoms. The maximum absolute atomic E-state index is 6.34. The van der Waals surface area contributed by atoms with Crippen molar-refractivity contribution in [2.75, 3.05) is 7.11 Å². The molecule has 146 valence electrons. The Labute approximate surface area is 165 Å². The zero-order valence-corrected chi connectivity index (χ0v) is 18.6. The summed E-state index contributed by atoms with van der Waals surface area (Å²) in [5.74, 6) is 2.20. The van der Waals surface area contributed by atoms with Crippen molar-refractivity contribution in [2.45, 2.75) is 70.2 Å². The molecule has 3 nitrogen and oxygen atoms in total. The Bertz CT molecular complexity index is 776. The van der Waals surface area contributed by atoms with Gasteiger partial charge in [0, 0.05) is 6.20 Å². The van der Waals surface area contributed by atoms with E-state index in [0.29, 0.717) is 18.4 Å². The highest BCUT2D eigenvalue weighted by Gasteiger charge is 2.37. The van der Waals surface area contributed by atoms with E-state index in [4.69, 9.17) is 9.16 Å². The minimum Gasteiger partial charge on any atom is -0.497 e. The molecule has 0 unspecified atom stereocenters. The molecular formula is C23H33NO2Si. The fourth-order valence-corrected chi connectivity index (χ4v) is 4.30. The predicted octanol–water partition coefficient (Wildman–Crippen LogP) is 6.27. The lowest BCUT2D eigenvalue weighted by Crippen LogP contribution is -2.40. The average molecular weight is 384 g/mol. The monoisotopic (exact) mass is 383 g/mol. The highest BCUT2D eigenvalue weighted by molar-refractivity contribution is 6.74. The molecule has 1 aromatic carbocycles. The van der Waals surface area contributed by atoms with Gasteiger partial charge >= 0.3 is 0 Å².